The summed E-state index contributed by atoms with van der Waals surface area (Å²) in [6.45, 7) is 4.53. The van der Waals surface area contributed by atoms with Gasteiger partial charge in [-0.25, -0.2) is 0 Å². The first-order chi connectivity index (χ1) is 4.83. The van der Waals surface area contributed by atoms with Gasteiger partial charge in [-0.15, -0.1) is 0 Å². The Balaban J connectivity index is 2.11. The van der Waals surface area contributed by atoms with Crippen LogP contribution in [0.15, 0.2) is 11.6 Å². The second-order valence-electron chi connectivity index (χ2n) is 3.50. The van der Waals surface area contributed by atoms with E-state index in [0.29, 0.717) is 0 Å². The van der Waals surface area contributed by atoms with Crippen LogP contribution in [0.25, 0.3) is 0 Å². The highest BCUT2D eigenvalue weighted by molar-refractivity contribution is 5.06. The highest BCUT2D eigenvalue weighted by Gasteiger charge is 2.12. The second kappa shape index (κ2) is 3.80. The lowest BCUT2D eigenvalue weighted by atomic mass is 9.99. The molecule has 1 aliphatic rings. The first-order valence-corrected chi connectivity index (χ1v) is 4.48. The molecule has 0 N–H and O–H groups in total. The third-order valence-electron chi connectivity index (χ3n) is 2.38. The summed E-state index contributed by atoms with van der Waals surface area (Å²) in [4.78, 5) is 0. The van der Waals surface area contributed by atoms with Crippen LogP contribution in [0.3, 0.4) is 0 Å². The van der Waals surface area contributed by atoms with Crippen LogP contribution in [0.2, 0.25) is 0 Å². The van der Waals surface area contributed by atoms with Gasteiger partial charge in [-0.05, 0) is 32.1 Å². The van der Waals surface area contributed by atoms with Crippen molar-refractivity contribution in [3.63, 3.8) is 0 Å². The third-order valence-corrected chi connectivity index (χ3v) is 2.38. The summed E-state index contributed by atoms with van der Waals surface area (Å²) >= 11 is 0. The topological polar surface area (TPSA) is 0 Å². The van der Waals surface area contributed by atoms with E-state index >= 15 is 0 Å². The van der Waals surface area contributed by atoms with Crippen molar-refractivity contribution in [3.8, 4) is 0 Å². The van der Waals surface area contributed by atoms with Crippen LogP contribution in [0, 0.1) is 5.92 Å². The zero-order chi connectivity index (χ0) is 7.40. The minimum Gasteiger partial charge on any atom is -0.0853 e. The first kappa shape index (κ1) is 7.84. The van der Waals surface area contributed by atoms with Gasteiger partial charge >= 0.3 is 0 Å². The molecule has 0 aliphatic heterocycles. The zero-order valence-electron chi connectivity index (χ0n) is 7.19. The number of hydrogen-bond donors (Lipinski definition) is 0. The highest BCUT2D eigenvalue weighted by atomic mass is 14.2. The Hall–Kier alpha value is -0.260. The molecule has 1 atom stereocenters. The molecule has 0 saturated heterocycles. The summed E-state index contributed by atoms with van der Waals surface area (Å²) in [6.07, 6.45) is 9.36. The average Bonchev–Trinajstić information content (AvgIpc) is 2.31. The second-order valence-corrected chi connectivity index (χ2v) is 3.50. The van der Waals surface area contributed by atoms with Gasteiger partial charge in [0, 0.05) is 0 Å². The van der Waals surface area contributed by atoms with Crippen molar-refractivity contribution in [1.29, 1.82) is 0 Å². The predicted octanol–water partition coefficient (Wildman–Crippen LogP) is 3.53. The number of rotatable bonds is 3. The summed E-state index contributed by atoms with van der Waals surface area (Å²) in [5.41, 5.74) is 1.61. The molecule has 0 saturated carbocycles. The fourth-order valence-corrected chi connectivity index (χ4v) is 1.70. The lowest BCUT2D eigenvalue weighted by Gasteiger charge is -2.06. The molecular formula is C10H18. The van der Waals surface area contributed by atoms with E-state index < -0.39 is 0 Å². The van der Waals surface area contributed by atoms with Gasteiger partial charge in [0.25, 0.3) is 0 Å². The Bertz CT molecular complexity index is 122. The van der Waals surface area contributed by atoms with Crippen LogP contribution in [0.1, 0.15) is 46.0 Å². The molecule has 0 heterocycles. The Morgan fingerprint density at radius 2 is 2.40 bits per heavy atom. The fraction of sp³-hybridized carbons (Fsp3) is 0.800. The van der Waals surface area contributed by atoms with Crippen molar-refractivity contribution in [3.05, 3.63) is 11.6 Å². The minimum atomic E-state index is 1.000. The Morgan fingerprint density at radius 1 is 1.60 bits per heavy atom. The summed E-state index contributed by atoms with van der Waals surface area (Å²) in [6, 6.07) is 0. The summed E-state index contributed by atoms with van der Waals surface area (Å²) < 4.78 is 0. The molecule has 0 heteroatoms. The normalized spacial score (nSPS) is 25.0. The molecule has 0 aromatic carbocycles. The van der Waals surface area contributed by atoms with Crippen molar-refractivity contribution in [2.45, 2.75) is 46.0 Å². The molecule has 1 unspecified atom stereocenters. The highest BCUT2D eigenvalue weighted by Crippen LogP contribution is 2.28. The van der Waals surface area contributed by atoms with Crippen LogP contribution in [0.5, 0.6) is 0 Å². The molecular weight excluding hydrogens is 120 g/mol. The number of hydrogen-bond acceptors (Lipinski definition) is 0. The molecule has 58 valence electrons. The van der Waals surface area contributed by atoms with Crippen LogP contribution < -0.4 is 0 Å². The standard InChI is InChI=1S/C10H18/c1-3-4-5-10-7-6-9(2)8-10/h6,10H,3-5,7-8H2,1-2H3. The average molecular weight is 138 g/mol. The maximum Gasteiger partial charge on any atom is -0.0292 e. The van der Waals surface area contributed by atoms with Crippen LogP contribution >= 0.6 is 0 Å². The van der Waals surface area contributed by atoms with Crippen LogP contribution in [-0.4, -0.2) is 0 Å². The van der Waals surface area contributed by atoms with E-state index in [4.69, 9.17) is 0 Å². The smallest absolute Gasteiger partial charge is 0.0292 e. The molecule has 0 aromatic rings. The summed E-state index contributed by atoms with van der Waals surface area (Å²) in [7, 11) is 0. The van der Waals surface area contributed by atoms with E-state index in [1.165, 1.54) is 32.1 Å². The van der Waals surface area contributed by atoms with E-state index in [2.05, 4.69) is 19.9 Å². The van der Waals surface area contributed by atoms with Crippen molar-refractivity contribution in [2.24, 2.45) is 5.92 Å². The zero-order valence-corrected chi connectivity index (χ0v) is 7.19. The van der Waals surface area contributed by atoms with Gasteiger partial charge in [-0.1, -0.05) is 31.4 Å². The van der Waals surface area contributed by atoms with Crippen molar-refractivity contribution in [1.82, 2.24) is 0 Å². The molecule has 1 rings (SSSR count). The molecule has 0 aromatic heterocycles. The van der Waals surface area contributed by atoms with E-state index in [9.17, 15) is 0 Å². The summed E-state index contributed by atoms with van der Waals surface area (Å²) in [5.74, 6) is 1.000. The molecule has 0 nitrogen and oxygen atoms in total. The van der Waals surface area contributed by atoms with E-state index in [0.717, 1.165) is 5.92 Å². The van der Waals surface area contributed by atoms with Gasteiger partial charge in [-0.2, -0.15) is 0 Å². The molecule has 0 fully saturated rings. The first-order valence-electron chi connectivity index (χ1n) is 4.48. The SMILES string of the molecule is CCCCC1CC=C(C)C1. The number of unbranched alkanes of at least 4 members (excludes halogenated alkanes) is 1. The van der Waals surface area contributed by atoms with Gasteiger partial charge in [0.15, 0.2) is 0 Å². The quantitative estimate of drug-likeness (QED) is 0.523. The molecule has 1 aliphatic carbocycles. The maximum absolute atomic E-state index is 2.40. The van der Waals surface area contributed by atoms with E-state index in [1.54, 1.807) is 5.57 Å². The lowest BCUT2D eigenvalue weighted by Crippen LogP contribution is -1.93. The van der Waals surface area contributed by atoms with Gasteiger partial charge < -0.3 is 0 Å². The van der Waals surface area contributed by atoms with Gasteiger partial charge in [-0.3, -0.25) is 0 Å². The van der Waals surface area contributed by atoms with Crippen molar-refractivity contribution in [2.75, 3.05) is 0 Å². The summed E-state index contributed by atoms with van der Waals surface area (Å²) in [5, 5.41) is 0. The number of allylic oxidation sites excluding steroid dienone is 2. The molecule has 0 bridgehead atoms. The van der Waals surface area contributed by atoms with Gasteiger partial charge in [0.05, 0.1) is 0 Å². The van der Waals surface area contributed by atoms with Gasteiger partial charge in [0.1, 0.15) is 0 Å². The Labute approximate surface area is 64.3 Å². The monoisotopic (exact) mass is 138 g/mol. The Kier molecular flexibility index (Phi) is 2.98. The van der Waals surface area contributed by atoms with Gasteiger partial charge in [0.2, 0.25) is 0 Å². The van der Waals surface area contributed by atoms with Crippen molar-refractivity contribution < 1.29 is 0 Å². The molecule has 0 amide bonds. The van der Waals surface area contributed by atoms with E-state index in [1.807, 2.05) is 0 Å². The van der Waals surface area contributed by atoms with Crippen LogP contribution in [0.4, 0.5) is 0 Å². The van der Waals surface area contributed by atoms with E-state index in [-0.39, 0.29) is 0 Å². The minimum absolute atomic E-state index is 1.000. The van der Waals surface area contributed by atoms with Crippen molar-refractivity contribution >= 4 is 0 Å². The maximum atomic E-state index is 2.40. The fourth-order valence-electron chi connectivity index (χ4n) is 1.70. The van der Waals surface area contributed by atoms with Crippen LogP contribution in [-0.2, 0) is 0 Å². The molecule has 0 radical (unpaired) electrons. The predicted molar refractivity (Wildman–Crippen MR) is 46.0 cm³/mol. The largest absolute Gasteiger partial charge is 0.0853 e. The third kappa shape index (κ3) is 2.17. The molecule has 0 spiro atoms. The Morgan fingerprint density at radius 3 is 2.90 bits per heavy atom. The molecule has 10 heavy (non-hydrogen) atoms. The lowest BCUT2D eigenvalue weighted by molar-refractivity contribution is 0.490.